The van der Waals surface area contributed by atoms with Gasteiger partial charge in [-0.1, -0.05) is 0 Å². The highest BCUT2D eigenvalue weighted by atomic mass is 127. The first-order valence-electron chi connectivity index (χ1n) is 7.15. The number of aliphatic imine (C=N–C) groups is 1. The molecular formula is C15H23IN4S2. The van der Waals surface area contributed by atoms with Gasteiger partial charge in [0.05, 0.1) is 11.6 Å². The van der Waals surface area contributed by atoms with Gasteiger partial charge in [-0.15, -0.1) is 46.7 Å². The van der Waals surface area contributed by atoms with Gasteiger partial charge in [0.1, 0.15) is 0 Å². The lowest BCUT2D eigenvalue weighted by molar-refractivity contribution is 0.797. The molecule has 7 heteroatoms. The molecule has 0 aliphatic heterocycles. The van der Waals surface area contributed by atoms with Crippen LogP contribution in [0.4, 0.5) is 0 Å². The number of guanidine groups is 1. The number of hydrogen-bond acceptors (Lipinski definition) is 4. The third-order valence-electron chi connectivity index (χ3n) is 2.99. The fraction of sp³-hybridized carbons (Fsp3) is 0.467. The standard InChI is InChI=1S/C15H22N4S2.HI/c1-4-16-15(19-10-13-11(2)6-8-20-13)17-7-5-14-18-9-12(3)21-14;/h6,8-9H,4-5,7,10H2,1-3H3,(H2,16,17,19);1H. The van der Waals surface area contributed by atoms with Crippen LogP contribution < -0.4 is 10.6 Å². The monoisotopic (exact) mass is 450 g/mol. The first-order valence-corrected chi connectivity index (χ1v) is 8.85. The third-order valence-corrected chi connectivity index (χ3v) is 4.97. The maximum Gasteiger partial charge on any atom is 0.191 e. The molecule has 0 atom stereocenters. The number of thiazole rings is 1. The van der Waals surface area contributed by atoms with Crippen LogP contribution in [0.1, 0.15) is 27.2 Å². The van der Waals surface area contributed by atoms with Crippen molar-refractivity contribution in [1.29, 1.82) is 0 Å². The summed E-state index contributed by atoms with van der Waals surface area (Å²) in [6, 6.07) is 2.14. The van der Waals surface area contributed by atoms with Gasteiger partial charge in [-0.25, -0.2) is 9.98 Å². The maximum atomic E-state index is 4.64. The largest absolute Gasteiger partial charge is 0.357 e. The minimum Gasteiger partial charge on any atom is -0.357 e. The Morgan fingerprint density at radius 3 is 2.73 bits per heavy atom. The molecule has 122 valence electrons. The molecule has 0 unspecified atom stereocenters. The van der Waals surface area contributed by atoms with Crippen molar-refractivity contribution in [2.24, 2.45) is 4.99 Å². The van der Waals surface area contributed by atoms with E-state index in [1.807, 2.05) is 6.20 Å². The summed E-state index contributed by atoms with van der Waals surface area (Å²) in [5.74, 6) is 0.874. The quantitative estimate of drug-likeness (QED) is 0.401. The van der Waals surface area contributed by atoms with E-state index in [0.29, 0.717) is 0 Å². The van der Waals surface area contributed by atoms with Gasteiger partial charge in [-0.2, -0.15) is 0 Å². The van der Waals surface area contributed by atoms with E-state index in [1.165, 1.54) is 20.3 Å². The molecule has 0 bridgehead atoms. The van der Waals surface area contributed by atoms with E-state index in [0.717, 1.165) is 32.0 Å². The Labute approximate surface area is 157 Å². The fourth-order valence-corrected chi connectivity index (χ4v) is 3.48. The van der Waals surface area contributed by atoms with Crippen LogP contribution in [0.3, 0.4) is 0 Å². The number of nitrogens with one attached hydrogen (secondary N) is 2. The number of nitrogens with zero attached hydrogens (tertiary/aromatic N) is 2. The zero-order valence-corrected chi connectivity index (χ0v) is 17.1. The fourth-order valence-electron chi connectivity index (χ4n) is 1.86. The van der Waals surface area contributed by atoms with Crippen LogP contribution >= 0.6 is 46.7 Å². The Morgan fingerprint density at radius 2 is 2.14 bits per heavy atom. The summed E-state index contributed by atoms with van der Waals surface area (Å²) in [4.78, 5) is 11.6. The Morgan fingerprint density at radius 1 is 1.32 bits per heavy atom. The predicted octanol–water partition coefficient (Wildman–Crippen LogP) is 3.74. The van der Waals surface area contributed by atoms with Crippen molar-refractivity contribution in [2.45, 2.75) is 33.7 Å². The summed E-state index contributed by atoms with van der Waals surface area (Å²) < 4.78 is 0. The second-order valence-corrected chi connectivity index (χ2v) is 7.08. The Balaban J connectivity index is 0.00000242. The Kier molecular flexibility index (Phi) is 8.96. The number of thiophene rings is 1. The van der Waals surface area contributed by atoms with Crippen molar-refractivity contribution in [2.75, 3.05) is 13.1 Å². The lowest BCUT2D eigenvalue weighted by atomic mass is 10.3. The average molecular weight is 450 g/mol. The van der Waals surface area contributed by atoms with Crippen LogP contribution in [0, 0.1) is 13.8 Å². The maximum absolute atomic E-state index is 4.64. The molecule has 0 aromatic carbocycles. The molecule has 0 amide bonds. The van der Waals surface area contributed by atoms with Gasteiger partial charge in [0, 0.05) is 35.5 Å². The van der Waals surface area contributed by atoms with Gasteiger partial charge in [-0.3, -0.25) is 0 Å². The van der Waals surface area contributed by atoms with Crippen molar-refractivity contribution in [1.82, 2.24) is 15.6 Å². The number of aromatic nitrogens is 1. The van der Waals surface area contributed by atoms with Gasteiger partial charge in [-0.05, 0) is 37.8 Å². The third kappa shape index (κ3) is 6.21. The molecule has 4 nitrogen and oxygen atoms in total. The normalized spacial score (nSPS) is 11.1. The van der Waals surface area contributed by atoms with Crippen LogP contribution in [0.5, 0.6) is 0 Å². The van der Waals surface area contributed by atoms with Crippen molar-refractivity contribution >= 4 is 52.6 Å². The lowest BCUT2D eigenvalue weighted by Crippen LogP contribution is -2.38. The van der Waals surface area contributed by atoms with E-state index < -0.39 is 0 Å². The van der Waals surface area contributed by atoms with Crippen molar-refractivity contribution < 1.29 is 0 Å². The zero-order valence-electron chi connectivity index (χ0n) is 13.2. The van der Waals surface area contributed by atoms with Crippen LogP contribution in [-0.2, 0) is 13.0 Å². The highest BCUT2D eigenvalue weighted by Crippen LogP contribution is 2.16. The highest BCUT2D eigenvalue weighted by molar-refractivity contribution is 14.0. The molecule has 2 aromatic heterocycles. The Bertz CT molecular complexity index is 592. The van der Waals surface area contributed by atoms with Gasteiger partial charge in [0.2, 0.25) is 0 Å². The highest BCUT2D eigenvalue weighted by Gasteiger charge is 2.02. The molecule has 0 saturated heterocycles. The molecule has 2 heterocycles. The SMILES string of the molecule is CCNC(=NCc1sccc1C)NCCc1ncc(C)s1.I. The number of rotatable bonds is 6. The summed E-state index contributed by atoms with van der Waals surface area (Å²) in [5, 5.41) is 9.94. The number of aryl methyl sites for hydroxylation is 2. The topological polar surface area (TPSA) is 49.3 Å². The van der Waals surface area contributed by atoms with Crippen molar-refractivity contribution in [3.63, 3.8) is 0 Å². The van der Waals surface area contributed by atoms with E-state index in [9.17, 15) is 0 Å². The first kappa shape index (κ1) is 19.4. The van der Waals surface area contributed by atoms with Crippen LogP contribution in [0.25, 0.3) is 0 Å². The van der Waals surface area contributed by atoms with Crippen molar-refractivity contribution in [3.05, 3.63) is 38.0 Å². The first-order chi connectivity index (χ1) is 10.2. The van der Waals surface area contributed by atoms with Gasteiger partial charge < -0.3 is 10.6 Å². The molecular weight excluding hydrogens is 427 g/mol. The second-order valence-electron chi connectivity index (χ2n) is 4.76. The smallest absolute Gasteiger partial charge is 0.191 e. The van der Waals surface area contributed by atoms with E-state index in [4.69, 9.17) is 0 Å². The Hall–Kier alpha value is -0.670. The van der Waals surface area contributed by atoms with Gasteiger partial charge in [0.15, 0.2) is 5.96 Å². The van der Waals surface area contributed by atoms with Crippen LogP contribution in [0.2, 0.25) is 0 Å². The molecule has 0 aliphatic rings. The molecule has 0 radical (unpaired) electrons. The van der Waals surface area contributed by atoms with E-state index >= 15 is 0 Å². The van der Waals surface area contributed by atoms with Gasteiger partial charge >= 0.3 is 0 Å². The van der Waals surface area contributed by atoms with Crippen LogP contribution in [0.15, 0.2) is 22.6 Å². The minimum absolute atomic E-state index is 0. The lowest BCUT2D eigenvalue weighted by Gasteiger charge is -2.10. The molecule has 22 heavy (non-hydrogen) atoms. The second kappa shape index (κ2) is 10.2. The molecule has 0 saturated carbocycles. The summed E-state index contributed by atoms with van der Waals surface area (Å²) in [7, 11) is 0. The van der Waals surface area contributed by atoms with E-state index in [-0.39, 0.29) is 24.0 Å². The minimum atomic E-state index is 0. The summed E-state index contributed by atoms with van der Waals surface area (Å²) in [6.07, 6.45) is 2.86. The molecule has 0 fully saturated rings. The van der Waals surface area contributed by atoms with Crippen molar-refractivity contribution in [3.8, 4) is 0 Å². The predicted molar refractivity (Wildman–Crippen MR) is 108 cm³/mol. The molecule has 2 aromatic rings. The molecule has 0 spiro atoms. The van der Waals surface area contributed by atoms with Gasteiger partial charge in [0.25, 0.3) is 0 Å². The molecule has 2 rings (SSSR count). The number of halogens is 1. The molecule has 0 aliphatic carbocycles. The summed E-state index contributed by atoms with van der Waals surface area (Å²) >= 11 is 3.52. The summed E-state index contributed by atoms with van der Waals surface area (Å²) in [6.45, 7) is 8.75. The van der Waals surface area contributed by atoms with E-state index in [1.54, 1.807) is 22.7 Å². The number of hydrogen-bond donors (Lipinski definition) is 2. The average Bonchev–Trinajstić information content (AvgIpc) is 3.05. The summed E-state index contributed by atoms with van der Waals surface area (Å²) in [5.41, 5.74) is 1.32. The molecule has 2 N–H and O–H groups in total. The van der Waals surface area contributed by atoms with E-state index in [2.05, 4.69) is 52.8 Å². The zero-order chi connectivity index (χ0) is 15.1. The van der Waals surface area contributed by atoms with Crippen LogP contribution in [-0.4, -0.2) is 24.0 Å².